The van der Waals surface area contributed by atoms with Crippen LogP contribution in [-0.2, 0) is 0 Å². The third-order valence-corrected chi connectivity index (χ3v) is 10.8. The van der Waals surface area contributed by atoms with Crippen LogP contribution in [0.25, 0.3) is 83.1 Å². The number of hydrogen-bond donors (Lipinski definition) is 1. The Hall–Kier alpha value is -7.42. The number of anilines is 2. The van der Waals surface area contributed by atoms with Gasteiger partial charge in [-0.05, 0) is 104 Å². The second kappa shape index (κ2) is 14.4. The lowest BCUT2D eigenvalue weighted by Gasteiger charge is -2.11. The highest BCUT2D eigenvalue weighted by atomic mass is 15.0. The predicted octanol–water partition coefficient (Wildman–Crippen LogP) is 14.9. The van der Waals surface area contributed by atoms with Crippen LogP contribution in [0.5, 0.6) is 0 Å². The van der Waals surface area contributed by atoms with Crippen molar-refractivity contribution < 1.29 is 0 Å². The van der Waals surface area contributed by atoms with Crippen LogP contribution in [0, 0.1) is 0 Å². The highest BCUT2D eigenvalue weighted by molar-refractivity contribution is 6.10. The molecule has 56 heavy (non-hydrogen) atoms. The number of rotatable bonds is 8. The van der Waals surface area contributed by atoms with Gasteiger partial charge < -0.3 is 9.88 Å². The molecule has 0 spiro atoms. The van der Waals surface area contributed by atoms with E-state index in [0.29, 0.717) is 0 Å². The summed E-state index contributed by atoms with van der Waals surface area (Å²) in [6.07, 6.45) is 0. The fourth-order valence-electron chi connectivity index (χ4n) is 7.86. The summed E-state index contributed by atoms with van der Waals surface area (Å²) in [6.45, 7) is 0. The topological polar surface area (TPSA) is 17.0 Å². The van der Waals surface area contributed by atoms with E-state index in [9.17, 15) is 0 Å². The van der Waals surface area contributed by atoms with Gasteiger partial charge in [0, 0.05) is 27.8 Å². The van der Waals surface area contributed by atoms with Crippen LogP contribution in [0.3, 0.4) is 0 Å². The average Bonchev–Trinajstić information content (AvgIpc) is 3.61. The molecule has 0 aliphatic heterocycles. The van der Waals surface area contributed by atoms with E-state index in [1.807, 2.05) is 6.07 Å². The third-order valence-electron chi connectivity index (χ3n) is 10.8. The molecule has 0 fully saturated rings. The first-order valence-electron chi connectivity index (χ1n) is 19.2. The van der Waals surface area contributed by atoms with Crippen LogP contribution in [0.1, 0.15) is 0 Å². The molecule has 0 saturated carbocycles. The Kier molecular flexibility index (Phi) is 8.55. The zero-order valence-electron chi connectivity index (χ0n) is 30.8. The SMILES string of the molecule is c1ccc(-c2ccc(Nc3ccc(-c4ccc(-c5ccc(-c6ccc7c8ccccc8n(-c8ccc(-c9ccccc9)cc8)c7c6)cc5)cc4)cc3)cc2)cc1. The highest BCUT2D eigenvalue weighted by Gasteiger charge is 2.14. The van der Waals surface area contributed by atoms with Crippen molar-refractivity contribution in [1.29, 1.82) is 0 Å². The van der Waals surface area contributed by atoms with E-state index in [4.69, 9.17) is 0 Å². The van der Waals surface area contributed by atoms with Crippen molar-refractivity contribution in [2.75, 3.05) is 5.32 Å². The molecular formula is C54H38N2. The smallest absolute Gasteiger partial charge is 0.0547 e. The first-order valence-corrected chi connectivity index (χ1v) is 19.2. The van der Waals surface area contributed by atoms with Crippen LogP contribution >= 0.6 is 0 Å². The van der Waals surface area contributed by atoms with Gasteiger partial charge in [-0.15, -0.1) is 0 Å². The van der Waals surface area contributed by atoms with Crippen molar-refractivity contribution in [3.8, 4) is 61.3 Å². The summed E-state index contributed by atoms with van der Waals surface area (Å²) < 4.78 is 2.40. The molecule has 2 nitrogen and oxygen atoms in total. The van der Waals surface area contributed by atoms with Gasteiger partial charge in [-0.3, -0.25) is 0 Å². The van der Waals surface area contributed by atoms with E-state index >= 15 is 0 Å². The second-order valence-corrected chi connectivity index (χ2v) is 14.3. The van der Waals surface area contributed by atoms with Gasteiger partial charge in [-0.25, -0.2) is 0 Å². The quantitative estimate of drug-likeness (QED) is 0.166. The second-order valence-electron chi connectivity index (χ2n) is 14.3. The standard InChI is InChI=1S/C54H38N2/c1-3-9-38(10-4-1)43-23-30-48(31-24-43)55-49-32-25-44(26-33-49)42-17-15-40(16-18-42)41-19-21-46(22-20-41)47-29-36-52-51-13-7-8-14-53(51)56(54(52)37-47)50-34-27-45(28-35-50)39-11-5-2-6-12-39/h1-37,55H. The normalized spacial score (nSPS) is 11.2. The molecule has 0 amide bonds. The Balaban J connectivity index is 0.865. The molecular weight excluding hydrogens is 677 g/mol. The Labute approximate surface area is 327 Å². The maximum Gasteiger partial charge on any atom is 0.0547 e. The molecule has 10 rings (SSSR count). The highest BCUT2D eigenvalue weighted by Crippen LogP contribution is 2.36. The number of para-hydroxylation sites is 1. The zero-order valence-corrected chi connectivity index (χ0v) is 30.8. The van der Waals surface area contributed by atoms with E-state index in [2.05, 4.69) is 228 Å². The Bertz CT molecular complexity index is 2910. The largest absolute Gasteiger partial charge is 0.356 e. The monoisotopic (exact) mass is 714 g/mol. The van der Waals surface area contributed by atoms with E-state index in [0.717, 1.165) is 17.1 Å². The summed E-state index contributed by atoms with van der Waals surface area (Å²) >= 11 is 0. The lowest BCUT2D eigenvalue weighted by molar-refractivity contribution is 1.18. The molecule has 1 heterocycles. The van der Waals surface area contributed by atoms with Crippen molar-refractivity contribution in [3.05, 3.63) is 224 Å². The molecule has 0 atom stereocenters. The molecule has 1 N–H and O–H groups in total. The molecule has 264 valence electrons. The van der Waals surface area contributed by atoms with Gasteiger partial charge in [0.05, 0.1) is 11.0 Å². The number of benzene rings is 9. The molecule has 0 unspecified atom stereocenters. The Morgan fingerprint density at radius 1 is 0.250 bits per heavy atom. The van der Waals surface area contributed by atoms with Crippen LogP contribution in [0.4, 0.5) is 11.4 Å². The summed E-state index contributed by atoms with van der Waals surface area (Å²) in [6, 6.07) is 80.6. The van der Waals surface area contributed by atoms with Crippen LogP contribution < -0.4 is 5.32 Å². The third kappa shape index (κ3) is 6.44. The number of nitrogens with zero attached hydrogens (tertiary/aromatic N) is 1. The minimum Gasteiger partial charge on any atom is -0.356 e. The van der Waals surface area contributed by atoms with E-state index in [1.54, 1.807) is 0 Å². The first kappa shape index (κ1) is 33.2. The van der Waals surface area contributed by atoms with Gasteiger partial charge in [-0.2, -0.15) is 0 Å². The molecule has 10 aromatic rings. The summed E-state index contributed by atoms with van der Waals surface area (Å²) in [5.74, 6) is 0. The zero-order chi connectivity index (χ0) is 37.3. The van der Waals surface area contributed by atoms with Gasteiger partial charge in [0.2, 0.25) is 0 Å². The van der Waals surface area contributed by atoms with Crippen LogP contribution in [-0.4, -0.2) is 4.57 Å². The average molecular weight is 715 g/mol. The van der Waals surface area contributed by atoms with E-state index < -0.39 is 0 Å². The lowest BCUT2D eigenvalue weighted by atomic mass is 9.97. The molecule has 9 aromatic carbocycles. The lowest BCUT2D eigenvalue weighted by Crippen LogP contribution is -1.94. The number of aromatic nitrogens is 1. The molecule has 2 heteroatoms. The summed E-state index contributed by atoms with van der Waals surface area (Å²) in [5, 5.41) is 6.06. The fraction of sp³-hybridized carbons (Fsp3) is 0. The van der Waals surface area contributed by atoms with Gasteiger partial charge in [-0.1, -0.05) is 176 Å². The first-order chi connectivity index (χ1) is 27.7. The summed E-state index contributed by atoms with van der Waals surface area (Å²) in [4.78, 5) is 0. The van der Waals surface area contributed by atoms with Crippen molar-refractivity contribution in [2.24, 2.45) is 0 Å². The molecule has 0 aliphatic rings. The van der Waals surface area contributed by atoms with Crippen molar-refractivity contribution in [1.82, 2.24) is 4.57 Å². The Morgan fingerprint density at radius 2 is 0.589 bits per heavy atom. The van der Waals surface area contributed by atoms with Crippen molar-refractivity contribution >= 4 is 33.2 Å². The molecule has 0 radical (unpaired) electrons. The fourth-order valence-corrected chi connectivity index (χ4v) is 7.86. The Morgan fingerprint density at radius 3 is 1.07 bits per heavy atom. The molecule has 0 bridgehead atoms. The van der Waals surface area contributed by atoms with Crippen LogP contribution in [0.15, 0.2) is 224 Å². The van der Waals surface area contributed by atoms with Gasteiger partial charge >= 0.3 is 0 Å². The van der Waals surface area contributed by atoms with Gasteiger partial charge in [0.1, 0.15) is 0 Å². The molecule has 0 saturated heterocycles. The minimum absolute atomic E-state index is 1.07. The number of hydrogen-bond acceptors (Lipinski definition) is 1. The minimum atomic E-state index is 1.07. The van der Waals surface area contributed by atoms with E-state index in [1.165, 1.54) is 77.4 Å². The maximum absolute atomic E-state index is 3.54. The van der Waals surface area contributed by atoms with Crippen molar-refractivity contribution in [2.45, 2.75) is 0 Å². The van der Waals surface area contributed by atoms with Crippen LogP contribution in [0.2, 0.25) is 0 Å². The van der Waals surface area contributed by atoms with Gasteiger partial charge in [0.15, 0.2) is 0 Å². The summed E-state index contributed by atoms with van der Waals surface area (Å²) in [5.41, 5.74) is 17.8. The number of fused-ring (bicyclic) bond motifs is 3. The van der Waals surface area contributed by atoms with E-state index in [-0.39, 0.29) is 0 Å². The number of nitrogens with one attached hydrogen (secondary N) is 1. The van der Waals surface area contributed by atoms with Gasteiger partial charge in [0.25, 0.3) is 0 Å². The predicted molar refractivity (Wildman–Crippen MR) is 238 cm³/mol. The van der Waals surface area contributed by atoms with Crippen molar-refractivity contribution in [3.63, 3.8) is 0 Å². The summed E-state index contributed by atoms with van der Waals surface area (Å²) in [7, 11) is 0. The molecule has 1 aromatic heterocycles. The maximum atomic E-state index is 3.54. The molecule has 0 aliphatic carbocycles.